The third-order valence-electron chi connectivity index (χ3n) is 4.00. The molecule has 9 heteroatoms. The molecule has 0 aromatic heterocycles. The van der Waals surface area contributed by atoms with Gasteiger partial charge in [0.15, 0.2) is 5.17 Å². The average Bonchev–Trinajstić information content (AvgIpc) is 2.96. The van der Waals surface area contributed by atoms with Crippen molar-refractivity contribution in [2.24, 2.45) is 4.99 Å². The number of methoxy groups -OCH3 is 1. The van der Waals surface area contributed by atoms with Gasteiger partial charge < -0.3 is 9.84 Å². The van der Waals surface area contributed by atoms with Crippen LogP contribution in [0.15, 0.2) is 52.4 Å². The monoisotopic (exact) mass is 399 g/mol. The number of ether oxygens (including phenoxy) is 1. The van der Waals surface area contributed by atoms with Gasteiger partial charge in [-0.25, -0.2) is 4.99 Å². The summed E-state index contributed by atoms with van der Waals surface area (Å²) in [6, 6.07) is 10.8. The zero-order valence-corrected chi connectivity index (χ0v) is 16.0. The number of likely N-dealkylation sites (N-methyl/N-ethyl adjacent to an activating group) is 1. The molecule has 0 saturated carbocycles. The number of amides is 1. The van der Waals surface area contributed by atoms with E-state index in [0.29, 0.717) is 28.1 Å². The van der Waals surface area contributed by atoms with Crippen LogP contribution in [0.3, 0.4) is 0 Å². The van der Waals surface area contributed by atoms with E-state index >= 15 is 0 Å². The highest BCUT2D eigenvalue weighted by Crippen LogP contribution is 2.36. The molecule has 1 fully saturated rings. The van der Waals surface area contributed by atoms with Crippen molar-refractivity contribution in [3.63, 3.8) is 0 Å². The standard InChI is InChI=1S/C19H17N3O5S/c1-3-21-18(24)17(11-12-10-14(23)6-9-16(12)22(25)26)28-19(21)20-13-4-7-15(27-2)8-5-13/h4-11,23H,3H2,1-2H3/b17-11+,20-19?. The largest absolute Gasteiger partial charge is 0.508 e. The number of aliphatic imine (C=N–C) groups is 1. The maximum atomic E-state index is 12.7. The number of phenols is 1. The second-order valence-corrected chi connectivity index (χ2v) is 6.76. The maximum absolute atomic E-state index is 12.7. The molecule has 1 heterocycles. The van der Waals surface area contributed by atoms with Crippen LogP contribution >= 0.6 is 11.8 Å². The number of benzene rings is 2. The summed E-state index contributed by atoms with van der Waals surface area (Å²) in [6.07, 6.45) is 1.41. The third-order valence-corrected chi connectivity index (χ3v) is 5.00. The number of nitrogens with zero attached hydrogens (tertiary/aromatic N) is 3. The van der Waals surface area contributed by atoms with Gasteiger partial charge in [0.05, 0.1) is 28.2 Å². The molecule has 1 saturated heterocycles. The van der Waals surface area contributed by atoms with Crippen molar-refractivity contribution in [2.45, 2.75) is 6.92 Å². The molecule has 8 nitrogen and oxygen atoms in total. The van der Waals surface area contributed by atoms with Crippen LogP contribution in [0.4, 0.5) is 11.4 Å². The molecular formula is C19H17N3O5S. The second-order valence-electron chi connectivity index (χ2n) is 5.75. The van der Waals surface area contributed by atoms with Crippen molar-refractivity contribution < 1.29 is 19.6 Å². The minimum atomic E-state index is -0.556. The summed E-state index contributed by atoms with van der Waals surface area (Å²) >= 11 is 1.13. The number of thioether (sulfide) groups is 1. The molecule has 0 unspecified atom stereocenters. The van der Waals surface area contributed by atoms with Gasteiger partial charge in [-0.15, -0.1) is 0 Å². The van der Waals surface area contributed by atoms with E-state index in [0.717, 1.165) is 11.8 Å². The summed E-state index contributed by atoms with van der Waals surface area (Å²) in [7, 11) is 1.57. The fraction of sp³-hybridized carbons (Fsp3) is 0.158. The van der Waals surface area contributed by atoms with E-state index in [1.807, 2.05) is 6.92 Å². The smallest absolute Gasteiger partial charge is 0.276 e. The molecular weight excluding hydrogens is 382 g/mol. The molecule has 1 aliphatic rings. The average molecular weight is 399 g/mol. The highest BCUT2D eigenvalue weighted by Gasteiger charge is 2.33. The highest BCUT2D eigenvalue weighted by molar-refractivity contribution is 8.18. The van der Waals surface area contributed by atoms with Gasteiger partial charge in [0.2, 0.25) is 0 Å². The lowest BCUT2D eigenvalue weighted by atomic mass is 10.1. The predicted molar refractivity (Wildman–Crippen MR) is 108 cm³/mol. The van der Waals surface area contributed by atoms with Crippen molar-refractivity contribution in [2.75, 3.05) is 13.7 Å². The lowest BCUT2D eigenvalue weighted by Gasteiger charge is -2.12. The number of hydrogen-bond acceptors (Lipinski definition) is 7. The van der Waals surface area contributed by atoms with E-state index in [1.165, 1.54) is 29.2 Å². The number of aromatic hydroxyl groups is 1. The fourth-order valence-corrected chi connectivity index (χ4v) is 3.66. The Morgan fingerprint density at radius 2 is 2.00 bits per heavy atom. The third kappa shape index (κ3) is 3.99. The quantitative estimate of drug-likeness (QED) is 0.464. The molecule has 0 spiro atoms. The number of phenolic OH excluding ortho intramolecular Hbond substituents is 1. The Balaban J connectivity index is 1.97. The Kier molecular flexibility index (Phi) is 5.65. The van der Waals surface area contributed by atoms with Crippen LogP contribution in [0, 0.1) is 10.1 Å². The summed E-state index contributed by atoms with van der Waals surface area (Å²) in [5.74, 6) is 0.285. The van der Waals surface area contributed by atoms with Crippen LogP contribution in [-0.4, -0.2) is 39.7 Å². The summed E-state index contributed by atoms with van der Waals surface area (Å²) in [5, 5.41) is 21.4. The maximum Gasteiger partial charge on any atom is 0.276 e. The molecule has 144 valence electrons. The van der Waals surface area contributed by atoms with Crippen molar-refractivity contribution in [1.29, 1.82) is 0 Å². The van der Waals surface area contributed by atoms with E-state index in [2.05, 4.69) is 4.99 Å². The number of rotatable bonds is 5. The molecule has 28 heavy (non-hydrogen) atoms. The van der Waals surface area contributed by atoms with Crippen molar-refractivity contribution in [1.82, 2.24) is 4.90 Å². The molecule has 1 N–H and O–H groups in total. The van der Waals surface area contributed by atoms with Crippen LogP contribution < -0.4 is 4.74 Å². The van der Waals surface area contributed by atoms with Crippen molar-refractivity contribution in [3.05, 3.63) is 63.0 Å². The van der Waals surface area contributed by atoms with Gasteiger partial charge in [-0.05, 0) is 61.2 Å². The van der Waals surface area contributed by atoms with Gasteiger partial charge in [0.25, 0.3) is 11.6 Å². The van der Waals surface area contributed by atoms with Gasteiger partial charge in [-0.1, -0.05) is 0 Å². The van der Waals surface area contributed by atoms with Crippen LogP contribution in [0.1, 0.15) is 12.5 Å². The molecule has 0 aliphatic carbocycles. The first-order valence-corrected chi connectivity index (χ1v) is 9.16. The Morgan fingerprint density at radius 3 is 2.61 bits per heavy atom. The summed E-state index contributed by atoms with van der Waals surface area (Å²) in [6.45, 7) is 2.22. The van der Waals surface area contributed by atoms with E-state index < -0.39 is 4.92 Å². The molecule has 0 atom stereocenters. The summed E-state index contributed by atoms with van der Waals surface area (Å²) in [5.41, 5.74) is 0.615. The van der Waals surface area contributed by atoms with E-state index in [4.69, 9.17) is 4.74 Å². The molecule has 0 bridgehead atoms. The number of hydrogen-bond donors (Lipinski definition) is 1. The number of carbonyl (C=O) groups excluding carboxylic acids is 1. The summed E-state index contributed by atoms with van der Waals surface area (Å²) in [4.78, 5) is 29.7. The van der Waals surface area contributed by atoms with Crippen LogP contribution in [0.2, 0.25) is 0 Å². The number of nitro groups is 1. The van der Waals surface area contributed by atoms with Gasteiger partial charge >= 0.3 is 0 Å². The number of nitro benzene ring substituents is 1. The first kappa shape index (κ1) is 19.4. The fourth-order valence-electron chi connectivity index (χ4n) is 2.60. The first-order valence-electron chi connectivity index (χ1n) is 8.34. The lowest BCUT2D eigenvalue weighted by Crippen LogP contribution is -2.28. The Morgan fingerprint density at radius 1 is 1.29 bits per heavy atom. The van der Waals surface area contributed by atoms with E-state index in [9.17, 15) is 20.0 Å². The Labute approximate surface area is 165 Å². The number of carbonyl (C=O) groups is 1. The van der Waals surface area contributed by atoms with Crippen molar-refractivity contribution in [3.8, 4) is 11.5 Å². The molecule has 0 radical (unpaired) electrons. The molecule has 2 aromatic rings. The second kappa shape index (κ2) is 8.13. The minimum Gasteiger partial charge on any atom is -0.508 e. The lowest BCUT2D eigenvalue weighted by molar-refractivity contribution is -0.385. The van der Waals surface area contributed by atoms with Crippen LogP contribution in [-0.2, 0) is 4.79 Å². The zero-order valence-electron chi connectivity index (χ0n) is 15.2. The van der Waals surface area contributed by atoms with Gasteiger partial charge in [0, 0.05) is 12.6 Å². The SMILES string of the molecule is CCN1C(=O)/C(=C\c2cc(O)ccc2[N+](=O)[O-])SC1=Nc1ccc(OC)cc1. The van der Waals surface area contributed by atoms with E-state index in [1.54, 1.807) is 31.4 Å². The predicted octanol–water partition coefficient (Wildman–Crippen LogP) is 3.93. The highest BCUT2D eigenvalue weighted by atomic mass is 32.2. The number of amidine groups is 1. The normalized spacial score (nSPS) is 16.8. The minimum absolute atomic E-state index is 0.118. The first-order chi connectivity index (χ1) is 13.4. The van der Waals surface area contributed by atoms with E-state index in [-0.39, 0.29) is 22.9 Å². The molecule has 1 amide bonds. The Hall–Kier alpha value is -3.33. The summed E-state index contributed by atoms with van der Waals surface area (Å²) < 4.78 is 5.12. The van der Waals surface area contributed by atoms with Gasteiger partial charge in [0.1, 0.15) is 11.5 Å². The van der Waals surface area contributed by atoms with Gasteiger partial charge in [-0.2, -0.15) is 0 Å². The van der Waals surface area contributed by atoms with Crippen LogP contribution in [0.5, 0.6) is 11.5 Å². The van der Waals surface area contributed by atoms with Gasteiger partial charge in [-0.3, -0.25) is 19.8 Å². The molecule has 3 rings (SSSR count). The Bertz CT molecular complexity index is 986. The van der Waals surface area contributed by atoms with Crippen molar-refractivity contribution >= 4 is 40.3 Å². The molecule has 1 aliphatic heterocycles. The molecule has 2 aromatic carbocycles. The topological polar surface area (TPSA) is 105 Å². The van der Waals surface area contributed by atoms with Crippen LogP contribution in [0.25, 0.3) is 6.08 Å². The zero-order chi connectivity index (χ0) is 20.3.